The molecule has 2 rings (SSSR count). The summed E-state index contributed by atoms with van der Waals surface area (Å²) in [6, 6.07) is 0.980. The maximum atomic E-state index is 11.9. The molecule has 1 unspecified atom stereocenters. The van der Waals surface area contributed by atoms with Crippen LogP contribution in [0.25, 0.3) is 0 Å². The summed E-state index contributed by atoms with van der Waals surface area (Å²) in [6.45, 7) is 3.91. The zero-order valence-electron chi connectivity index (χ0n) is 10.5. The molecule has 1 aromatic heterocycles. The van der Waals surface area contributed by atoms with E-state index >= 15 is 0 Å². The second kappa shape index (κ2) is 4.80. The predicted molar refractivity (Wildman–Crippen MR) is 64.2 cm³/mol. The van der Waals surface area contributed by atoms with E-state index < -0.39 is 17.9 Å². The Labute approximate surface area is 105 Å². The van der Waals surface area contributed by atoms with Gasteiger partial charge in [0, 0.05) is 12.2 Å². The largest absolute Gasteiger partial charge is 0.480 e. The summed E-state index contributed by atoms with van der Waals surface area (Å²) in [4.78, 5) is 22.9. The highest BCUT2D eigenvalue weighted by Gasteiger charge is 2.37. The van der Waals surface area contributed by atoms with Crippen LogP contribution >= 0.6 is 0 Å². The molecule has 1 amide bonds. The van der Waals surface area contributed by atoms with Gasteiger partial charge in [0.1, 0.15) is 11.7 Å². The lowest BCUT2D eigenvalue weighted by atomic mass is 10.2. The number of amides is 1. The van der Waals surface area contributed by atoms with Crippen LogP contribution in [0.2, 0.25) is 0 Å². The van der Waals surface area contributed by atoms with Crippen molar-refractivity contribution in [1.82, 2.24) is 15.1 Å². The molecule has 1 aliphatic carbocycles. The third-order valence-corrected chi connectivity index (χ3v) is 3.02. The van der Waals surface area contributed by atoms with Crippen LogP contribution in [0.3, 0.4) is 0 Å². The molecule has 1 atom stereocenters. The lowest BCUT2D eigenvalue weighted by Gasteiger charge is -2.12. The fraction of sp³-hybridized carbons (Fsp3) is 0.583. The number of nitrogens with one attached hydrogen (secondary N) is 1. The number of hydrogen-bond donors (Lipinski definition) is 2. The van der Waals surface area contributed by atoms with Gasteiger partial charge in [0.25, 0.3) is 5.91 Å². The number of hydrogen-bond acceptors (Lipinski definition) is 3. The monoisotopic (exact) mass is 251 g/mol. The summed E-state index contributed by atoms with van der Waals surface area (Å²) in [5.41, 5.74) is 0.260. The maximum Gasteiger partial charge on any atom is 0.326 e. The van der Waals surface area contributed by atoms with Crippen molar-refractivity contribution in [1.29, 1.82) is 0 Å². The van der Waals surface area contributed by atoms with Crippen molar-refractivity contribution in [2.75, 3.05) is 0 Å². The number of carbonyl (C=O) groups excluding carboxylic acids is 1. The van der Waals surface area contributed by atoms with E-state index in [-0.39, 0.29) is 17.7 Å². The van der Waals surface area contributed by atoms with Gasteiger partial charge in [-0.15, -0.1) is 0 Å². The Morgan fingerprint density at radius 2 is 2.17 bits per heavy atom. The van der Waals surface area contributed by atoms with Gasteiger partial charge in [0.2, 0.25) is 0 Å². The molecular formula is C12H17N3O3. The second-order valence-electron chi connectivity index (χ2n) is 4.90. The number of rotatable bonds is 5. The maximum absolute atomic E-state index is 11.9. The van der Waals surface area contributed by atoms with Crippen molar-refractivity contribution in [3.63, 3.8) is 0 Å². The minimum atomic E-state index is -0.978. The molecule has 0 spiro atoms. The van der Waals surface area contributed by atoms with E-state index in [2.05, 4.69) is 10.4 Å². The quantitative estimate of drug-likeness (QED) is 0.819. The molecule has 6 nitrogen and oxygen atoms in total. The molecule has 1 saturated carbocycles. The highest BCUT2D eigenvalue weighted by molar-refractivity contribution is 5.95. The minimum Gasteiger partial charge on any atom is -0.480 e. The van der Waals surface area contributed by atoms with E-state index in [0.29, 0.717) is 0 Å². The highest BCUT2D eigenvalue weighted by atomic mass is 16.4. The number of aromatic nitrogens is 2. The molecule has 0 bridgehead atoms. The van der Waals surface area contributed by atoms with Crippen LogP contribution in [0.5, 0.6) is 0 Å². The molecule has 98 valence electrons. The third kappa shape index (κ3) is 2.69. The highest BCUT2D eigenvalue weighted by Crippen LogP contribution is 2.32. The summed E-state index contributed by atoms with van der Waals surface area (Å²) in [5.74, 6) is -1.33. The van der Waals surface area contributed by atoms with Crippen LogP contribution in [-0.4, -0.2) is 32.8 Å². The van der Waals surface area contributed by atoms with Gasteiger partial charge in [-0.25, -0.2) is 4.79 Å². The van der Waals surface area contributed by atoms with E-state index in [9.17, 15) is 9.59 Å². The van der Waals surface area contributed by atoms with Crippen LogP contribution in [0.15, 0.2) is 12.3 Å². The van der Waals surface area contributed by atoms with Crippen LogP contribution in [0, 0.1) is 5.92 Å². The number of aliphatic carboxylic acids is 1. The van der Waals surface area contributed by atoms with Crippen LogP contribution in [0.4, 0.5) is 0 Å². The summed E-state index contributed by atoms with van der Waals surface area (Å²) in [7, 11) is 0. The van der Waals surface area contributed by atoms with Gasteiger partial charge in [-0.1, -0.05) is 0 Å². The van der Waals surface area contributed by atoms with E-state index in [4.69, 9.17) is 5.11 Å². The average Bonchev–Trinajstić information content (AvgIpc) is 3.00. The molecule has 0 saturated heterocycles. The van der Waals surface area contributed by atoms with Gasteiger partial charge >= 0.3 is 5.97 Å². The van der Waals surface area contributed by atoms with E-state index in [0.717, 1.165) is 12.8 Å². The molecule has 6 heteroatoms. The zero-order chi connectivity index (χ0) is 13.3. The van der Waals surface area contributed by atoms with Gasteiger partial charge in [0.15, 0.2) is 0 Å². The summed E-state index contributed by atoms with van der Waals surface area (Å²) < 4.78 is 1.67. The Kier molecular flexibility index (Phi) is 3.36. The van der Waals surface area contributed by atoms with E-state index in [1.807, 2.05) is 13.8 Å². The fourth-order valence-corrected chi connectivity index (χ4v) is 1.77. The van der Waals surface area contributed by atoms with Crippen molar-refractivity contribution < 1.29 is 14.7 Å². The normalized spacial score (nSPS) is 16.6. The number of nitrogens with zero attached hydrogens (tertiary/aromatic N) is 2. The lowest BCUT2D eigenvalue weighted by molar-refractivity contribution is -0.139. The van der Waals surface area contributed by atoms with Gasteiger partial charge < -0.3 is 10.4 Å². The first-order valence-corrected chi connectivity index (χ1v) is 6.08. The molecule has 0 radical (unpaired) electrons. The average molecular weight is 251 g/mol. The Morgan fingerprint density at radius 1 is 1.50 bits per heavy atom. The molecule has 1 heterocycles. The fourth-order valence-electron chi connectivity index (χ4n) is 1.77. The topological polar surface area (TPSA) is 84.2 Å². The van der Waals surface area contributed by atoms with Gasteiger partial charge in [-0.2, -0.15) is 5.10 Å². The van der Waals surface area contributed by atoms with Crippen molar-refractivity contribution >= 4 is 11.9 Å². The zero-order valence-corrected chi connectivity index (χ0v) is 10.5. The first-order chi connectivity index (χ1) is 8.49. The summed E-state index contributed by atoms with van der Waals surface area (Å²) in [6.07, 6.45) is 3.43. The first kappa shape index (κ1) is 12.6. The van der Waals surface area contributed by atoms with Crippen LogP contribution in [0.1, 0.15) is 43.2 Å². The molecular weight excluding hydrogens is 234 g/mol. The lowest BCUT2D eigenvalue weighted by Crippen LogP contribution is -2.42. The molecule has 1 fully saturated rings. The van der Waals surface area contributed by atoms with Crippen molar-refractivity contribution in [2.24, 2.45) is 5.92 Å². The third-order valence-electron chi connectivity index (χ3n) is 3.02. The number of carbonyl (C=O) groups is 2. The Balaban J connectivity index is 2.03. The van der Waals surface area contributed by atoms with Crippen molar-refractivity contribution in [3.05, 3.63) is 18.0 Å². The molecule has 0 aliphatic heterocycles. The van der Waals surface area contributed by atoms with Crippen molar-refractivity contribution in [3.8, 4) is 0 Å². The standard InChI is InChI=1S/C12H17N3O3/c1-7(2)15-6-5-9(14-15)11(16)13-10(12(17)18)8-3-4-8/h5-8,10H,3-4H2,1-2H3,(H,13,16)(H,17,18). The summed E-state index contributed by atoms with van der Waals surface area (Å²) >= 11 is 0. The SMILES string of the molecule is CC(C)n1ccc(C(=O)NC(C(=O)O)C2CC2)n1. The first-order valence-electron chi connectivity index (χ1n) is 6.08. The number of carboxylic acid groups (broad SMARTS) is 1. The molecule has 18 heavy (non-hydrogen) atoms. The smallest absolute Gasteiger partial charge is 0.326 e. The molecule has 2 N–H and O–H groups in total. The van der Waals surface area contributed by atoms with Crippen LogP contribution < -0.4 is 5.32 Å². The van der Waals surface area contributed by atoms with Gasteiger partial charge in [-0.3, -0.25) is 9.48 Å². The molecule has 0 aromatic carbocycles. The van der Waals surface area contributed by atoms with Gasteiger partial charge in [0.05, 0.1) is 0 Å². The second-order valence-corrected chi connectivity index (χ2v) is 4.90. The van der Waals surface area contributed by atoms with Crippen LogP contribution in [-0.2, 0) is 4.79 Å². The molecule has 1 aliphatic rings. The van der Waals surface area contributed by atoms with Gasteiger partial charge in [-0.05, 0) is 38.7 Å². The number of carboxylic acids is 1. The predicted octanol–water partition coefficient (Wildman–Crippen LogP) is 1.06. The summed E-state index contributed by atoms with van der Waals surface area (Å²) in [5, 5.41) is 15.7. The Hall–Kier alpha value is -1.85. The van der Waals surface area contributed by atoms with E-state index in [1.165, 1.54) is 0 Å². The Bertz CT molecular complexity index is 463. The van der Waals surface area contributed by atoms with E-state index in [1.54, 1.807) is 16.9 Å². The minimum absolute atomic E-state index is 0.0682. The molecule has 1 aromatic rings. The van der Waals surface area contributed by atoms with Crippen molar-refractivity contribution in [2.45, 2.75) is 38.8 Å². The Morgan fingerprint density at radius 3 is 2.61 bits per heavy atom.